The van der Waals surface area contributed by atoms with E-state index in [1.165, 1.54) is 16.0 Å². The zero-order valence-corrected chi connectivity index (χ0v) is 12.2. The molecule has 0 saturated carbocycles. The molecule has 4 nitrogen and oxygen atoms in total. The van der Waals surface area contributed by atoms with Crippen molar-refractivity contribution in [2.24, 2.45) is 0 Å². The van der Waals surface area contributed by atoms with E-state index in [1.807, 2.05) is 19.1 Å². The minimum Gasteiger partial charge on any atom is -0.301 e. The Hall–Kier alpha value is -1.68. The predicted molar refractivity (Wildman–Crippen MR) is 78.1 cm³/mol. The van der Waals surface area contributed by atoms with Crippen LogP contribution in [0.1, 0.15) is 37.8 Å². The van der Waals surface area contributed by atoms with E-state index in [1.54, 1.807) is 0 Å². The molecule has 1 heterocycles. The first kappa shape index (κ1) is 14.7. The summed E-state index contributed by atoms with van der Waals surface area (Å²) in [6.45, 7) is 5.25. The first-order valence-electron chi connectivity index (χ1n) is 7.31. The average Bonchev–Trinajstić information content (AvgIpc) is 2.73. The van der Waals surface area contributed by atoms with Crippen LogP contribution in [0.2, 0.25) is 0 Å². The number of hydrogen-bond donors (Lipinski definition) is 1. The van der Waals surface area contributed by atoms with Crippen molar-refractivity contribution < 1.29 is 9.59 Å². The van der Waals surface area contributed by atoms with Crippen LogP contribution in [0.15, 0.2) is 24.3 Å². The quantitative estimate of drug-likeness (QED) is 0.806. The molecule has 1 saturated heterocycles. The van der Waals surface area contributed by atoms with Crippen LogP contribution in [0.4, 0.5) is 0 Å². The smallest absolute Gasteiger partial charge is 0.246 e. The summed E-state index contributed by atoms with van der Waals surface area (Å²) in [5.41, 5.74) is 2.48. The topological polar surface area (TPSA) is 49.4 Å². The molecule has 0 aliphatic carbocycles. The third kappa shape index (κ3) is 3.07. The monoisotopic (exact) mass is 274 g/mol. The Morgan fingerprint density at radius 3 is 2.55 bits per heavy atom. The lowest BCUT2D eigenvalue weighted by atomic mass is 10.1. The number of rotatable bonds is 6. The van der Waals surface area contributed by atoms with Gasteiger partial charge in [0.15, 0.2) is 0 Å². The van der Waals surface area contributed by atoms with E-state index in [9.17, 15) is 9.59 Å². The molecule has 0 spiro atoms. The van der Waals surface area contributed by atoms with Gasteiger partial charge < -0.3 is 5.32 Å². The second kappa shape index (κ2) is 6.66. The highest BCUT2D eigenvalue weighted by atomic mass is 16.2. The zero-order valence-electron chi connectivity index (χ0n) is 12.2. The number of amides is 2. The molecule has 0 aromatic heterocycles. The van der Waals surface area contributed by atoms with Gasteiger partial charge in [-0.3, -0.25) is 14.5 Å². The maximum absolute atomic E-state index is 12.1. The maximum atomic E-state index is 12.1. The number of nitrogens with zero attached hydrogens (tertiary/aromatic N) is 1. The van der Waals surface area contributed by atoms with Gasteiger partial charge in [0.2, 0.25) is 11.8 Å². The molecule has 0 radical (unpaired) electrons. The van der Waals surface area contributed by atoms with Gasteiger partial charge in [-0.1, -0.05) is 38.1 Å². The lowest BCUT2D eigenvalue weighted by molar-refractivity contribution is -0.138. The van der Waals surface area contributed by atoms with Crippen molar-refractivity contribution in [3.05, 3.63) is 35.4 Å². The second-order valence-electron chi connectivity index (χ2n) is 5.14. The van der Waals surface area contributed by atoms with Gasteiger partial charge in [-0.15, -0.1) is 0 Å². The molecule has 2 rings (SSSR count). The Kier molecular flexibility index (Phi) is 4.90. The van der Waals surface area contributed by atoms with E-state index in [2.05, 4.69) is 24.4 Å². The molecule has 1 aromatic carbocycles. The van der Waals surface area contributed by atoms with Crippen LogP contribution in [0.5, 0.6) is 0 Å². The summed E-state index contributed by atoms with van der Waals surface area (Å²) >= 11 is 0. The summed E-state index contributed by atoms with van der Waals surface area (Å²) in [4.78, 5) is 25.3. The molecular weight excluding hydrogens is 252 g/mol. The normalized spacial score (nSPS) is 18.9. The zero-order chi connectivity index (χ0) is 14.5. The van der Waals surface area contributed by atoms with Crippen LogP contribution in [-0.2, 0) is 22.6 Å². The second-order valence-corrected chi connectivity index (χ2v) is 5.14. The predicted octanol–water partition coefficient (Wildman–Crippen LogP) is 1.88. The standard InChI is InChI=1S/C16H22N2O2/c1-3-9-18-15(19)10-14(16(18)20)17-11-13-8-6-5-7-12(13)4-2/h5-8,14,17H,3-4,9-11H2,1-2H3. The van der Waals surface area contributed by atoms with Crippen molar-refractivity contribution in [3.8, 4) is 0 Å². The first-order chi connectivity index (χ1) is 9.67. The molecule has 108 valence electrons. The first-order valence-corrected chi connectivity index (χ1v) is 7.31. The summed E-state index contributed by atoms with van der Waals surface area (Å²) in [5.74, 6) is -0.135. The number of carbonyl (C=O) groups excluding carboxylic acids is 2. The average molecular weight is 274 g/mol. The number of nitrogens with one attached hydrogen (secondary N) is 1. The fourth-order valence-electron chi connectivity index (χ4n) is 2.61. The fourth-order valence-corrected chi connectivity index (χ4v) is 2.61. The Labute approximate surface area is 120 Å². The van der Waals surface area contributed by atoms with E-state index in [0.29, 0.717) is 13.1 Å². The van der Waals surface area contributed by atoms with E-state index in [-0.39, 0.29) is 24.3 Å². The van der Waals surface area contributed by atoms with Crippen LogP contribution in [-0.4, -0.2) is 29.3 Å². The van der Waals surface area contributed by atoms with Crippen molar-refractivity contribution >= 4 is 11.8 Å². The molecule has 1 atom stereocenters. The SMILES string of the molecule is CCCN1C(=O)CC(NCc2ccccc2CC)C1=O. The van der Waals surface area contributed by atoms with Gasteiger partial charge in [-0.2, -0.15) is 0 Å². The van der Waals surface area contributed by atoms with Crippen molar-refractivity contribution in [2.75, 3.05) is 6.54 Å². The Bertz CT molecular complexity index is 499. The summed E-state index contributed by atoms with van der Waals surface area (Å²) in [5, 5.41) is 3.23. The summed E-state index contributed by atoms with van der Waals surface area (Å²) in [6, 6.07) is 7.83. The number of imide groups is 1. The lowest BCUT2D eigenvalue weighted by Gasteiger charge is -2.15. The molecule has 1 aliphatic rings. The fraction of sp³-hybridized carbons (Fsp3) is 0.500. The van der Waals surface area contributed by atoms with Crippen molar-refractivity contribution in [1.29, 1.82) is 0 Å². The molecule has 1 unspecified atom stereocenters. The molecule has 1 fully saturated rings. The molecule has 2 amide bonds. The number of aryl methyl sites for hydroxylation is 1. The summed E-state index contributed by atoms with van der Waals surface area (Å²) in [7, 11) is 0. The Morgan fingerprint density at radius 1 is 1.20 bits per heavy atom. The summed E-state index contributed by atoms with van der Waals surface area (Å²) in [6.07, 6.45) is 2.06. The third-order valence-electron chi connectivity index (χ3n) is 3.73. The van der Waals surface area contributed by atoms with E-state index >= 15 is 0 Å². The number of benzene rings is 1. The van der Waals surface area contributed by atoms with Gasteiger partial charge in [-0.05, 0) is 24.0 Å². The minimum absolute atomic E-state index is 0.0573. The highest BCUT2D eigenvalue weighted by Gasteiger charge is 2.37. The molecule has 4 heteroatoms. The molecule has 1 aromatic rings. The van der Waals surface area contributed by atoms with Crippen LogP contribution in [0.25, 0.3) is 0 Å². The van der Waals surface area contributed by atoms with Gasteiger partial charge in [0.25, 0.3) is 0 Å². The number of carbonyl (C=O) groups is 2. The molecule has 1 aliphatic heterocycles. The van der Waals surface area contributed by atoms with Gasteiger partial charge in [0, 0.05) is 13.1 Å². The van der Waals surface area contributed by atoms with E-state index in [4.69, 9.17) is 0 Å². The third-order valence-corrected chi connectivity index (χ3v) is 3.73. The largest absolute Gasteiger partial charge is 0.301 e. The molecule has 1 N–H and O–H groups in total. The number of likely N-dealkylation sites (tertiary alicyclic amines) is 1. The Morgan fingerprint density at radius 2 is 1.90 bits per heavy atom. The van der Waals surface area contributed by atoms with Gasteiger partial charge in [-0.25, -0.2) is 0 Å². The molecule has 20 heavy (non-hydrogen) atoms. The van der Waals surface area contributed by atoms with E-state index in [0.717, 1.165) is 12.8 Å². The van der Waals surface area contributed by atoms with Crippen LogP contribution in [0.3, 0.4) is 0 Å². The molecule has 0 bridgehead atoms. The van der Waals surface area contributed by atoms with E-state index < -0.39 is 0 Å². The highest BCUT2D eigenvalue weighted by Crippen LogP contribution is 2.15. The number of hydrogen-bond acceptors (Lipinski definition) is 3. The van der Waals surface area contributed by atoms with Crippen LogP contribution < -0.4 is 5.32 Å². The van der Waals surface area contributed by atoms with Crippen molar-refractivity contribution in [2.45, 2.75) is 45.7 Å². The lowest BCUT2D eigenvalue weighted by Crippen LogP contribution is -2.38. The van der Waals surface area contributed by atoms with Crippen LogP contribution in [0, 0.1) is 0 Å². The van der Waals surface area contributed by atoms with Crippen LogP contribution >= 0.6 is 0 Å². The maximum Gasteiger partial charge on any atom is 0.246 e. The van der Waals surface area contributed by atoms with Gasteiger partial charge in [0.1, 0.15) is 0 Å². The van der Waals surface area contributed by atoms with Crippen molar-refractivity contribution in [3.63, 3.8) is 0 Å². The van der Waals surface area contributed by atoms with Crippen molar-refractivity contribution in [1.82, 2.24) is 10.2 Å². The minimum atomic E-state index is -0.362. The van der Waals surface area contributed by atoms with Gasteiger partial charge >= 0.3 is 0 Å². The Balaban J connectivity index is 1.98. The summed E-state index contributed by atoms with van der Waals surface area (Å²) < 4.78 is 0. The highest BCUT2D eigenvalue weighted by molar-refractivity contribution is 6.05. The molecular formula is C16H22N2O2. The van der Waals surface area contributed by atoms with Gasteiger partial charge in [0.05, 0.1) is 12.5 Å².